The molecular weight excluding hydrogens is 222 g/mol. The van der Waals surface area contributed by atoms with Gasteiger partial charge in [0.2, 0.25) is 0 Å². The average Bonchev–Trinajstić information content (AvgIpc) is 2.24. The molecule has 88 valence electrons. The second-order valence-electron chi connectivity index (χ2n) is 3.87. The first kappa shape index (κ1) is 13.1. The van der Waals surface area contributed by atoms with E-state index in [1.54, 1.807) is 23.1 Å². The monoisotopic (exact) mass is 239 g/mol. The van der Waals surface area contributed by atoms with Crippen LogP contribution in [0.5, 0.6) is 0 Å². The van der Waals surface area contributed by atoms with Gasteiger partial charge in [-0.2, -0.15) is 0 Å². The zero-order valence-electron chi connectivity index (χ0n) is 9.55. The van der Waals surface area contributed by atoms with Crippen LogP contribution in [-0.4, -0.2) is 35.1 Å². The van der Waals surface area contributed by atoms with E-state index in [9.17, 15) is 4.79 Å². The maximum atomic E-state index is 12.1. The van der Waals surface area contributed by atoms with Crippen LogP contribution in [0, 0.1) is 0 Å². The number of benzene rings is 1. The van der Waals surface area contributed by atoms with Crippen molar-refractivity contribution in [1.29, 1.82) is 0 Å². The van der Waals surface area contributed by atoms with Gasteiger partial charge in [-0.1, -0.05) is 6.07 Å². The summed E-state index contributed by atoms with van der Waals surface area (Å²) >= 11 is 4.20. The van der Waals surface area contributed by atoms with Crippen molar-refractivity contribution in [2.45, 2.75) is 24.8 Å². The highest BCUT2D eigenvalue weighted by Gasteiger charge is 2.17. The molecule has 1 rings (SSSR count). The fourth-order valence-electron chi connectivity index (χ4n) is 1.51. The van der Waals surface area contributed by atoms with E-state index in [1.807, 2.05) is 19.9 Å². The molecule has 0 saturated carbocycles. The van der Waals surface area contributed by atoms with Crippen LogP contribution in [0.3, 0.4) is 0 Å². The molecule has 3 nitrogen and oxygen atoms in total. The number of rotatable bonds is 4. The lowest BCUT2D eigenvalue weighted by atomic mass is 10.1. The molecule has 1 aromatic carbocycles. The van der Waals surface area contributed by atoms with Gasteiger partial charge < -0.3 is 10.0 Å². The highest BCUT2D eigenvalue weighted by molar-refractivity contribution is 7.80. The number of amides is 1. The van der Waals surface area contributed by atoms with Gasteiger partial charge in [-0.25, -0.2) is 0 Å². The predicted octanol–water partition coefficient (Wildman–Crippen LogP) is 1.82. The van der Waals surface area contributed by atoms with E-state index >= 15 is 0 Å². The maximum Gasteiger partial charge on any atom is 0.254 e. The predicted molar refractivity (Wildman–Crippen MR) is 67.0 cm³/mol. The number of hydrogen-bond acceptors (Lipinski definition) is 3. The Labute approximate surface area is 101 Å². The quantitative estimate of drug-likeness (QED) is 0.787. The van der Waals surface area contributed by atoms with Crippen molar-refractivity contribution in [2.75, 3.05) is 13.2 Å². The van der Waals surface area contributed by atoms with E-state index in [4.69, 9.17) is 5.11 Å². The van der Waals surface area contributed by atoms with Crippen molar-refractivity contribution in [3.05, 3.63) is 29.8 Å². The van der Waals surface area contributed by atoms with Crippen LogP contribution in [0.2, 0.25) is 0 Å². The summed E-state index contributed by atoms with van der Waals surface area (Å²) in [6.07, 6.45) is 0. The molecule has 1 amide bonds. The first-order valence-corrected chi connectivity index (χ1v) is 5.72. The minimum absolute atomic E-state index is 0.0233. The van der Waals surface area contributed by atoms with E-state index in [-0.39, 0.29) is 18.6 Å². The van der Waals surface area contributed by atoms with Gasteiger partial charge in [0.15, 0.2) is 0 Å². The number of thiol groups is 1. The van der Waals surface area contributed by atoms with Gasteiger partial charge >= 0.3 is 0 Å². The molecule has 0 spiro atoms. The molecule has 0 bridgehead atoms. The van der Waals surface area contributed by atoms with Gasteiger partial charge in [0.25, 0.3) is 5.91 Å². The molecule has 0 unspecified atom stereocenters. The Morgan fingerprint density at radius 3 is 2.69 bits per heavy atom. The zero-order chi connectivity index (χ0) is 12.1. The summed E-state index contributed by atoms with van der Waals surface area (Å²) in [5, 5.41) is 8.93. The van der Waals surface area contributed by atoms with E-state index in [0.29, 0.717) is 12.1 Å². The van der Waals surface area contributed by atoms with Crippen molar-refractivity contribution in [3.63, 3.8) is 0 Å². The lowest BCUT2D eigenvalue weighted by Crippen LogP contribution is -2.38. The molecule has 0 heterocycles. The van der Waals surface area contributed by atoms with Crippen LogP contribution in [0.1, 0.15) is 24.2 Å². The summed E-state index contributed by atoms with van der Waals surface area (Å²) in [7, 11) is 0. The number of carbonyl (C=O) groups is 1. The number of nitrogens with zero attached hydrogens (tertiary/aromatic N) is 1. The smallest absolute Gasteiger partial charge is 0.254 e. The molecule has 16 heavy (non-hydrogen) atoms. The summed E-state index contributed by atoms with van der Waals surface area (Å²) in [6.45, 7) is 4.19. The molecule has 0 aliphatic heterocycles. The Balaban J connectivity index is 2.90. The topological polar surface area (TPSA) is 40.5 Å². The molecular formula is C12H17NO2S. The summed E-state index contributed by atoms with van der Waals surface area (Å²) in [5.41, 5.74) is 0.606. The number of aliphatic hydroxyl groups excluding tert-OH is 1. The zero-order valence-corrected chi connectivity index (χ0v) is 10.4. The van der Waals surface area contributed by atoms with E-state index in [2.05, 4.69) is 12.6 Å². The third-order valence-electron chi connectivity index (χ3n) is 2.32. The molecule has 0 radical (unpaired) electrons. The van der Waals surface area contributed by atoms with Crippen molar-refractivity contribution in [2.24, 2.45) is 0 Å². The molecule has 4 heteroatoms. The van der Waals surface area contributed by atoms with Gasteiger partial charge in [0.1, 0.15) is 0 Å². The Bertz CT molecular complexity index is 366. The molecule has 0 fully saturated rings. The minimum Gasteiger partial charge on any atom is -0.395 e. The fourth-order valence-corrected chi connectivity index (χ4v) is 1.73. The van der Waals surface area contributed by atoms with Gasteiger partial charge in [0.05, 0.1) is 6.61 Å². The fraction of sp³-hybridized carbons (Fsp3) is 0.417. The molecule has 0 saturated heterocycles. The Morgan fingerprint density at radius 2 is 2.19 bits per heavy atom. The van der Waals surface area contributed by atoms with E-state index < -0.39 is 0 Å². The van der Waals surface area contributed by atoms with Crippen LogP contribution >= 0.6 is 12.6 Å². The number of carbonyl (C=O) groups excluding carboxylic acids is 1. The van der Waals surface area contributed by atoms with Gasteiger partial charge in [0, 0.05) is 23.0 Å². The van der Waals surface area contributed by atoms with Crippen molar-refractivity contribution >= 4 is 18.5 Å². The highest BCUT2D eigenvalue weighted by atomic mass is 32.1. The maximum absolute atomic E-state index is 12.1. The molecule has 0 aliphatic carbocycles. The second-order valence-corrected chi connectivity index (χ2v) is 4.38. The summed E-state index contributed by atoms with van der Waals surface area (Å²) < 4.78 is 0. The van der Waals surface area contributed by atoms with Crippen LogP contribution in [-0.2, 0) is 0 Å². The summed E-state index contributed by atoms with van der Waals surface area (Å²) in [4.78, 5) is 14.5. The Morgan fingerprint density at radius 1 is 1.50 bits per heavy atom. The van der Waals surface area contributed by atoms with Crippen molar-refractivity contribution in [1.82, 2.24) is 4.90 Å². The molecule has 0 aliphatic rings. The lowest BCUT2D eigenvalue weighted by Gasteiger charge is -2.26. The standard InChI is InChI=1S/C12H17NO2S/c1-9(2)13(6-7-14)12(15)10-4-3-5-11(16)8-10/h3-5,8-9,14,16H,6-7H2,1-2H3. The normalized spacial score (nSPS) is 10.6. The van der Waals surface area contributed by atoms with Crippen LogP contribution < -0.4 is 0 Å². The van der Waals surface area contributed by atoms with Gasteiger partial charge in [-0.15, -0.1) is 12.6 Å². The van der Waals surface area contributed by atoms with Gasteiger partial charge in [-0.05, 0) is 32.0 Å². The van der Waals surface area contributed by atoms with Crippen LogP contribution in [0.4, 0.5) is 0 Å². The molecule has 0 atom stereocenters. The highest BCUT2D eigenvalue weighted by Crippen LogP contribution is 2.12. The first-order valence-electron chi connectivity index (χ1n) is 5.27. The Kier molecular flexibility index (Phi) is 4.83. The van der Waals surface area contributed by atoms with Crippen molar-refractivity contribution < 1.29 is 9.90 Å². The van der Waals surface area contributed by atoms with Gasteiger partial charge in [-0.3, -0.25) is 4.79 Å². The third kappa shape index (κ3) is 3.25. The second kappa shape index (κ2) is 5.92. The van der Waals surface area contributed by atoms with Crippen LogP contribution in [0.25, 0.3) is 0 Å². The largest absolute Gasteiger partial charge is 0.395 e. The molecule has 0 aromatic heterocycles. The van der Waals surface area contributed by atoms with E-state index in [0.717, 1.165) is 4.90 Å². The summed E-state index contributed by atoms with van der Waals surface area (Å²) in [5.74, 6) is -0.0695. The molecule has 1 aromatic rings. The first-order chi connectivity index (χ1) is 7.56. The molecule has 1 N–H and O–H groups in total. The third-order valence-corrected chi connectivity index (χ3v) is 2.60. The van der Waals surface area contributed by atoms with E-state index in [1.165, 1.54) is 0 Å². The lowest BCUT2D eigenvalue weighted by molar-refractivity contribution is 0.0665. The number of hydrogen-bond donors (Lipinski definition) is 2. The minimum atomic E-state index is -0.0695. The number of aliphatic hydroxyl groups is 1. The van der Waals surface area contributed by atoms with Crippen LogP contribution in [0.15, 0.2) is 29.2 Å². The SMILES string of the molecule is CC(C)N(CCO)C(=O)c1cccc(S)c1. The van der Waals surface area contributed by atoms with Crippen molar-refractivity contribution in [3.8, 4) is 0 Å². The Hall–Kier alpha value is -1.00. The summed E-state index contributed by atoms with van der Waals surface area (Å²) in [6, 6.07) is 7.19. The average molecular weight is 239 g/mol.